The van der Waals surface area contributed by atoms with Crippen molar-refractivity contribution in [2.24, 2.45) is 5.73 Å². The summed E-state index contributed by atoms with van der Waals surface area (Å²) in [6, 6.07) is 5.52. The molecule has 16 heavy (non-hydrogen) atoms. The fourth-order valence-corrected chi connectivity index (χ4v) is 1.55. The van der Waals surface area contributed by atoms with Crippen molar-refractivity contribution >= 4 is 0 Å². The van der Waals surface area contributed by atoms with E-state index in [0.717, 1.165) is 5.56 Å². The molecule has 2 N–H and O–H groups in total. The number of aromatic nitrogens is 2. The van der Waals surface area contributed by atoms with Crippen LogP contribution in [-0.2, 0) is 6.54 Å². The quantitative estimate of drug-likeness (QED) is 0.808. The number of hydrogen-bond acceptors (Lipinski definition) is 6. The number of rotatable bonds is 2. The summed E-state index contributed by atoms with van der Waals surface area (Å²) < 4.78 is 15.6. The van der Waals surface area contributed by atoms with E-state index in [-0.39, 0.29) is 13.3 Å². The molecule has 1 aromatic carbocycles. The van der Waals surface area contributed by atoms with Crippen LogP contribution in [0, 0.1) is 0 Å². The average molecular weight is 219 g/mol. The SMILES string of the molecule is NCc1nc(-c2cccc3c2OCO3)no1. The van der Waals surface area contributed by atoms with Gasteiger partial charge in [0.05, 0.1) is 12.1 Å². The second kappa shape index (κ2) is 3.49. The zero-order chi connectivity index (χ0) is 11.0. The Hall–Kier alpha value is -2.08. The Morgan fingerprint density at radius 3 is 3.06 bits per heavy atom. The Morgan fingerprint density at radius 2 is 2.25 bits per heavy atom. The highest BCUT2D eigenvalue weighted by molar-refractivity contribution is 5.69. The number of fused-ring (bicyclic) bond motifs is 1. The van der Waals surface area contributed by atoms with Crippen molar-refractivity contribution < 1.29 is 14.0 Å². The smallest absolute Gasteiger partial charge is 0.240 e. The normalized spacial score (nSPS) is 13.1. The maximum atomic E-state index is 5.40. The van der Waals surface area contributed by atoms with Crippen molar-refractivity contribution in [1.29, 1.82) is 0 Å². The lowest BCUT2D eigenvalue weighted by Crippen LogP contribution is -1.96. The van der Waals surface area contributed by atoms with E-state index in [1.807, 2.05) is 18.2 Å². The Kier molecular flexibility index (Phi) is 2.00. The summed E-state index contributed by atoms with van der Waals surface area (Å²) in [6.07, 6.45) is 0. The van der Waals surface area contributed by atoms with E-state index in [2.05, 4.69) is 10.1 Å². The van der Waals surface area contributed by atoms with Gasteiger partial charge in [0, 0.05) is 0 Å². The highest BCUT2D eigenvalue weighted by atomic mass is 16.7. The van der Waals surface area contributed by atoms with Crippen LogP contribution >= 0.6 is 0 Å². The molecule has 0 saturated heterocycles. The first-order valence-corrected chi connectivity index (χ1v) is 4.80. The number of para-hydroxylation sites is 1. The number of ether oxygens (including phenoxy) is 2. The summed E-state index contributed by atoms with van der Waals surface area (Å²) in [7, 11) is 0. The fourth-order valence-electron chi connectivity index (χ4n) is 1.55. The summed E-state index contributed by atoms with van der Waals surface area (Å²) in [5, 5.41) is 3.83. The van der Waals surface area contributed by atoms with Gasteiger partial charge < -0.3 is 19.7 Å². The Bertz CT molecular complexity index is 524. The topological polar surface area (TPSA) is 83.4 Å². The van der Waals surface area contributed by atoms with E-state index in [9.17, 15) is 0 Å². The molecule has 6 nitrogen and oxygen atoms in total. The molecule has 2 heterocycles. The Labute approximate surface area is 91.0 Å². The largest absolute Gasteiger partial charge is 0.454 e. The minimum atomic E-state index is 0.216. The predicted octanol–water partition coefficient (Wildman–Crippen LogP) is 0.924. The Morgan fingerprint density at radius 1 is 1.31 bits per heavy atom. The molecule has 0 atom stereocenters. The Balaban J connectivity index is 2.09. The van der Waals surface area contributed by atoms with Crippen LogP contribution in [0.25, 0.3) is 11.4 Å². The third-order valence-electron chi connectivity index (χ3n) is 2.28. The molecule has 6 heteroatoms. The van der Waals surface area contributed by atoms with Gasteiger partial charge in [0.2, 0.25) is 18.5 Å². The second-order valence-corrected chi connectivity index (χ2v) is 3.26. The van der Waals surface area contributed by atoms with Gasteiger partial charge in [0.25, 0.3) is 0 Å². The average Bonchev–Trinajstić information content (AvgIpc) is 2.97. The van der Waals surface area contributed by atoms with E-state index < -0.39 is 0 Å². The first-order valence-electron chi connectivity index (χ1n) is 4.80. The van der Waals surface area contributed by atoms with Gasteiger partial charge in [0.1, 0.15) is 0 Å². The van der Waals surface area contributed by atoms with Gasteiger partial charge in [0.15, 0.2) is 11.5 Å². The maximum absolute atomic E-state index is 5.40. The van der Waals surface area contributed by atoms with Crippen molar-refractivity contribution in [3.8, 4) is 22.9 Å². The lowest BCUT2D eigenvalue weighted by atomic mass is 10.2. The molecule has 0 unspecified atom stereocenters. The number of hydrogen-bond donors (Lipinski definition) is 1. The highest BCUT2D eigenvalue weighted by Crippen LogP contribution is 2.39. The first-order chi connectivity index (χ1) is 7.88. The summed E-state index contributed by atoms with van der Waals surface area (Å²) >= 11 is 0. The molecule has 0 spiro atoms. The molecule has 82 valence electrons. The monoisotopic (exact) mass is 219 g/mol. The molecule has 0 saturated carbocycles. The van der Waals surface area contributed by atoms with Crippen molar-refractivity contribution in [3.05, 3.63) is 24.1 Å². The number of nitrogens with zero attached hydrogens (tertiary/aromatic N) is 2. The zero-order valence-electron chi connectivity index (χ0n) is 8.34. The second-order valence-electron chi connectivity index (χ2n) is 3.26. The van der Waals surface area contributed by atoms with Crippen molar-refractivity contribution in [1.82, 2.24) is 10.1 Å². The number of benzene rings is 1. The third-order valence-corrected chi connectivity index (χ3v) is 2.28. The van der Waals surface area contributed by atoms with Crippen LogP contribution in [0.3, 0.4) is 0 Å². The first kappa shape index (κ1) is 9.17. The van der Waals surface area contributed by atoms with Crippen LogP contribution in [0.15, 0.2) is 22.7 Å². The summed E-state index contributed by atoms with van der Waals surface area (Å²) in [5.41, 5.74) is 6.15. The molecular weight excluding hydrogens is 210 g/mol. The van der Waals surface area contributed by atoms with Gasteiger partial charge >= 0.3 is 0 Å². The van der Waals surface area contributed by atoms with Crippen LogP contribution in [0.1, 0.15) is 5.89 Å². The highest BCUT2D eigenvalue weighted by Gasteiger charge is 2.21. The molecule has 0 bridgehead atoms. The van der Waals surface area contributed by atoms with Gasteiger partial charge in [-0.05, 0) is 12.1 Å². The van der Waals surface area contributed by atoms with E-state index in [1.165, 1.54) is 0 Å². The van der Waals surface area contributed by atoms with Crippen LogP contribution in [-0.4, -0.2) is 16.9 Å². The molecule has 0 radical (unpaired) electrons. The van der Waals surface area contributed by atoms with Gasteiger partial charge in [-0.15, -0.1) is 0 Å². The fraction of sp³-hybridized carbons (Fsp3) is 0.200. The van der Waals surface area contributed by atoms with Crippen molar-refractivity contribution in [2.75, 3.05) is 6.79 Å². The zero-order valence-corrected chi connectivity index (χ0v) is 8.34. The standard InChI is InChI=1S/C10H9N3O3/c11-4-8-12-10(13-16-8)6-2-1-3-7-9(6)15-5-14-7/h1-3H,4-5,11H2. The summed E-state index contributed by atoms with van der Waals surface area (Å²) in [6.45, 7) is 0.438. The maximum Gasteiger partial charge on any atom is 0.240 e. The van der Waals surface area contributed by atoms with Crippen LogP contribution < -0.4 is 15.2 Å². The van der Waals surface area contributed by atoms with Crippen LogP contribution in [0.2, 0.25) is 0 Å². The number of nitrogens with two attached hydrogens (primary N) is 1. The van der Waals surface area contributed by atoms with Crippen molar-refractivity contribution in [3.63, 3.8) is 0 Å². The third kappa shape index (κ3) is 1.31. The van der Waals surface area contributed by atoms with Crippen LogP contribution in [0.4, 0.5) is 0 Å². The summed E-state index contributed by atoms with van der Waals surface area (Å²) in [5.74, 6) is 2.19. The van der Waals surface area contributed by atoms with E-state index in [1.54, 1.807) is 0 Å². The molecule has 3 rings (SSSR count). The van der Waals surface area contributed by atoms with E-state index in [4.69, 9.17) is 19.7 Å². The minimum absolute atomic E-state index is 0.216. The molecule has 0 amide bonds. The molecular formula is C10H9N3O3. The van der Waals surface area contributed by atoms with Gasteiger partial charge in [-0.25, -0.2) is 0 Å². The van der Waals surface area contributed by atoms with E-state index in [0.29, 0.717) is 23.2 Å². The van der Waals surface area contributed by atoms with Crippen LogP contribution in [0.5, 0.6) is 11.5 Å². The van der Waals surface area contributed by atoms with Gasteiger partial charge in [-0.2, -0.15) is 4.98 Å². The minimum Gasteiger partial charge on any atom is -0.454 e. The molecule has 1 aliphatic rings. The molecule has 2 aromatic rings. The molecule has 1 aromatic heterocycles. The molecule has 0 fully saturated rings. The lowest BCUT2D eigenvalue weighted by Gasteiger charge is -1.99. The molecule has 1 aliphatic heterocycles. The van der Waals surface area contributed by atoms with Gasteiger partial charge in [-0.3, -0.25) is 0 Å². The lowest BCUT2D eigenvalue weighted by molar-refractivity contribution is 0.174. The van der Waals surface area contributed by atoms with Gasteiger partial charge in [-0.1, -0.05) is 11.2 Å². The van der Waals surface area contributed by atoms with E-state index >= 15 is 0 Å². The molecule has 0 aliphatic carbocycles. The van der Waals surface area contributed by atoms with Crippen molar-refractivity contribution in [2.45, 2.75) is 6.54 Å². The predicted molar refractivity (Wildman–Crippen MR) is 53.7 cm³/mol. The summed E-state index contributed by atoms with van der Waals surface area (Å²) in [4.78, 5) is 4.14.